The normalized spacial score (nSPS) is 13.4. The minimum atomic E-state index is -0.142. The first-order valence-corrected chi connectivity index (χ1v) is 8.28. The van der Waals surface area contributed by atoms with Crippen LogP contribution in [0.5, 0.6) is 5.75 Å². The first-order valence-electron chi connectivity index (χ1n) is 8.28. The molecule has 1 aliphatic rings. The Kier molecular flexibility index (Phi) is 3.98. The third-order valence-electron chi connectivity index (χ3n) is 4.46. The molecule has 1 aromatic heterocycles. The van der Waals surface area contributed by atoms with Gasteiger partial charge in [-0.05, 0) is 36.6 Å². The van der Waals surface area contributed by atoms with Crippen LogP contribution < -0.4 is 9.64 Å². The lowest BCUT2D eigenvalue weighted by Gasteiger charge is -2.28. The van der Waals surface area contributed by atoms with Gasteiger partial charge in [-0.2, -0.15) is 0 Å². The summed E-state index contributed by atoms with van der Waals surface area (Å²) in [6, 6.07) is 17.2. The van der Waals surface area contributed by atoms with Crippen LogP contribution in [0.25, 0.3) is 11.3 Å². The molecule has 0 N–H and O–H groups in total. The van der Waals surface area contributed by atoms with Crippen LogP contribution in [-0.2, 0) is 6.42 Å². The summed E-state index contributed by atoms with van der Waals surface area (Å²) in [5, 5.41) is 3.99. The molecule has 2 heterocycles. The Labute approximate surface area is 145 Å². The molecule has 2 aromatic carbocycles. The van der Waals surface area contributed by atoms with Crippen LogP contribution in [0.15, 0.2) is 59.1 Å². The third-order valence-corrected chi connectivity index (χ3v) is 4.46. The standard InChI is InChI=1S/C20H18N2O3/c1-24-18-11-5-3-9-15(18)19-13-16(21-25-19)20(23)22-12-6-8-14-7-2-4-10-17(14)22/h2-5,7,9-11,13H,6,8,12H2,1H3. The topological polar surface area (TPSA) is 55.6 Å². The van der Waals surface area contributed by atoms with Crippen LogP contribution in [0.2, 0.25) is 0 Å². The Hall–Kier alpha value is -3.08. The predicted octanol–water partition coefficient (Wildman–Crippen LogP) is 3.94. The van der Waals surface area contributed by atoms with E-state index in [9.17, 15) is 4.79 Å². The third kappa shape index (κ3) is 2.78. The highest BCUT2D eigenvalue weighted by atomic mass is 16.5. The minimum absolute atomic E-state index is 0.142. The molecule has 25 heavy (non-hydrogen) atoms. The van der Waals surface area contributed by atoms with E-state index in [1.165, 1.54) is 5.56 Å². The number of methoxy groups -OCH3 is 1. The predicted molar refractivity (Wildman–Crippen MR) is 94.9 cm³/mol. The SMILES string of the molecule is COc1ccccc1-c1cc(C(=O)N2CCCc3ccccc32)no1. The lowest BCUT2D eigenvalue weighted by molar-refractivity contribution is 0.0976. The first kappa shape index (κ1) is 15.4. The molecule has 0 unspecified atom stereocenters. The largest absolute Gasteiger partial charge is 0.496 e. The van der Waals surface area contributed by atoms with Crippen LogP contribution in [0.3, 0.4) is 0 Å². The lowest BCUT2D eigenvalue weighted by atomic mass is 10.0. The minimum Gasteiger partial charge on any atom is -0.496 e. The number of rotatable bonds is 3. The number of para-hydroxylation sites is 2. The summed E-state index contributed by atoms with van der Waals surface area (Å²) in [5.41, 5.74) is 3.23. The molecule has 0 spiro atoms. The van der Waals surface area contributed by atoms with E-state index in [0.717, 1.165) is 24.1 Å². The first-order chi connectivity index (χ1) is 12.3. The van der Waals surface area contributed by atoms with Gasteiger partial charge in [-0.25, -0.2) is 0 Å². The molecule has 0 fully saturated rings. The van der Waals surface area contributed by atoms with Gasteiger partial charge in [-0.1, -0.05) is 35.5 Å². The zero-order valence-corrected chi connectivity index (χ0v) is 13.9. The molecule has 0 radical (unpaired) electrons. The quantitative estimate of drug-likeness (QED) is 0.728. The van der Waals surface area contributed by atoms with E-state index in [4.69, 9.17) is 9.26 Å². The molecule has 3 aromatic rings. The van der Waals surface area contributed by atoms with Crippen molar-refractivity contribution in [3.05, 3.63) is 65.9 Å². The number of benzene rings is 2. The van der Waals surface area contributed by atoms with E-state index in [0.29, 0.717) is 23.7 Å². The van der Waals surface area contributed by atoms with Gasteiger partial charge in [0.2, 0.25) is 0 Å². The van der Waals surface area contributed by atoms with Crippen molar-refractivity contribution in [2.45, 2.75) is 12.8 Å². The highest BCUT2D eigenvalue weighted by Crippen LogP contribution is 2.32. The van der Waals surface area contributed by atoms with Crippen LogP contribution >= 0.6 is 0 Å². The smallest absolute Gasteiger partial charge is 0.280 e. The van der Waals surface area contributed by atoms with Crippen LogP contribution in [0.1, 0.15) is 22.5 Å². The molecule has 0 atom stereocenters. The van der Waals surface area contributed by atoms with Crippen molar-refractivity contribution in [1.29, 1.82) is 0 Å². The van der Waals surface area contributed by atoms with Crippen molar-refractivity contribution in [2.75, 3.05) is 18.6 Å². The molecular formula is C20H18N2O3. The summed E-state index contributed by atoms with van der Waals surface area (Å²) in [5.74, 6) is 1.06. The van der Waals surface area contributed by atoms with Crippen molar-refractivity contribution < 1.29 is 14.1 Å². The highest BCUT2D eigenvalue weighted by Gasteiger charge is 2.26. The van der Waals surface area contributed by atoms with Crippen molar-refractivity contribution in [2.24, 2.45) is 0 Å². The second-order valence-electron chi connectivity index (χ2n) is 5.97. The van der Waals surface area contributed by atoms with Gasteiger partial charge in [0.25, 0.3) is 5.91 Å². The molecule has 0 saturated heterocycles. The highest BCUT2D eigenvalue weighted by molar-refractivity contribution is 6.05. The van der Waals surface area contributed by atoms with E-state index in [-0.39, 0.29) is 5.91 Å². The Morgan fingerprint density at radius 2 is 1.96 bits per heavy atom. The number of hydrogen-bond acceptors (Lipinski definition) is 4. The zero-order chi connectivity index (χ0) is 17.2. The van der Waals surface area contributed by atoms with Crippen molar-refractivity contribution >= 4 is 11.6 Å². The van der Waals surface area contributed by atoms with Gasteiger partial charge in [0.05, 0.1) is 12.7 Å². The number of ether oxygens (including phenoxy) is 1. The van der Waals surface area contributed by atoms with Crippen LogP contribution in [0.4, 0.5) is 5.69 Å². The molecule has 5 nitrogen and oxygen atoms in total. The second-order valence-corrected chi connectivity index (χ2v) is 5.97. The Bertz CT molecular complexity index is 917. The molecule has 0 aliphatic carbocycles. The lowest BCUT2D eigenvalue weighted by Crippen LogP contribution is -2.35. The second kappa shape index (κ2) is 6.43. The Balaban J connectivity index is 1.66. The maximum Gasteiger partial charge on any atom is 0.280 e. The number of aromatic nitrogens is 1. The molecule has 1 amide bonds. The van der Waals surface area contributed by atoms with Gasteiger partial charge in [-0.15, -0.1) is 0 Å². The molecule has 4 rings (SSSR count). The number of aryl methyl sites for hydroxylation is 1. The molecule has 1 aliphatic heterocycles. The van der Waals surface area contributed by atoms with Gasteiger partial charge in [0.15, 0.2) is 11.5 Å². The molecule has 0 bridgehead atoms. The summed E-state index contributed by atoms with van der Waals surface area (Å²) < 4.78 is 10.8. The molecular weight excluding hydrogens is 316 g/mol. The van der Waals surface area contributed by atoms with E-state index in [1.807, 2.05) is 42.5 Å². The van der Waals surface area contributed by atoms with Crippen LogP contribution in [-0.4, -0.2) is 24.7 Å². The van der Waals surface area contributed by atoms with Crippen molar-refractivity contribution in [3.63, 3.8) is 0 Å². The maximum atomic E-state index is 12.9. The number of anilines is 1. The van der Waals surface area contributed by atoms with Gasteiger partial charge in [0, 0.05) is 18.3 Å². The summed E-state index contributed by atoms with van der Waals surface area (Å²) >= 11 is 0. The zero-order valence-electron chi connectivity index (χ0n) is 13.9. The van der Waals surface area contributed by atoms with Gasteiger partial charge in [0.1, 0.15) is 5.75 Å². The number of nitrogens with zero attached hydrogens (tertiary/aromatic N) is 2. The summed E-state index contributed by atoms with van der Waals surface area (Å²) in [4.78, 5) is 14.7. The number of carbonyl (C=O) groups is 1. The van der Waals surface area contributed by atoms with E-state index in [1.54, 1.807) is 18.1 Å². The fourth-order valence-electron chi connectivity index (χ4n) is 3.23. The van der Waals surface area contributed by atoms with Crippen molar-refractivity contribution in [3.8, 4) is 17.1 Å². The summed E-state index contributed by atoms with van der Waals surface area (Å²) in [7, 11) is 1.60. The maximum absolute atomic E-state index is 12.9. The van der Waals surface area contributed by atoms with Crippen molar-refractivity contribution in [1.82, 2.24) is 5.16 Å². The Morgan fingerprint density at radius 1 is 1.16 bits per heavy atom. The average Bonchev–Trinajstić information content (AvgIpc) is 3.17. The summed E-state index contributed by atoms with van der Waals surface area (Å²) in [6.07, 6.45) is 1.94. The van der Waals surface area contributed by atoms with E-state index in [2.05, 4.69) is 11.2 Å². The molecule has 0 saturated carbocycles. The number of carbonyl (C=O) groups excluding carboxylic acids is 1. The molecule has 5 heteroatoms. The Morgan fingerprint density at radius 3 is 2.84 bits per heavy atom. The number of hydrogen-bond donors (Lipinski definition) is 0. The molecule has 126 valence electrons. The number of amides is 1. The monoisotopic (exact) mass is 334 g/mol. The van der Waals surface area contributed by atoms with E-state index < -0.39 is 0 Å². The fraction of sp³-hybridized carbons (Fsp3) is 0.200. The van der Waals surface area contributed by atoms with Gasteiger partial charge in [-0.3, -0.25) is 4.79 Å². The van der Waals surface area contributed by atoms with Gasteiger partial charge >= 0.3 is 0 Å². The number of fused-ring (bicyclic) bond motifs is 1. The average molecular weight is 334 g/mol. The van der Waals surface area contributed by atoms with E-state index >= 15 is 0 Å². The fourth-order valence-corrected chi connectivity index (χ4v) is 3.23. The van der Waals surface area contributed by atoms with Crippen LogP contribution in [0, 0.1) is 0 Å². The summed E-state index contributed by atoms with van der Waals surface area (Å²) in [6.45, 7) is 0.687. The van der Waals surface area contributed by atoms with Gasteiger partial charge < -0.3 is 14.2 Å².